The van der Waals surface area contributed by atoms with Crippen LogP contribution in [0.2, 0.25) is 5.02 Å². The molecule has 11 nitrogen and oxygen atoms in total. The number of rotatable bonds is 14. The lowest BCUT2D eigenvalue weighted by molar-refractivity contribution is -0.128. The van der Waals surface area contributed by atoms with Crippen LogP contribution >= 0.6 is 11.6 Å². The standard InChI is InChI=1S/C42H49ClN6O5/c1-4-6-18-46(19-7-5-2)42(54)37-20-28(3)49(45-37)38-17-16-33(23-35(38)41(53)48-26-30-13-9-8-12-29(30)21-34(48)27-50)44-40(52)32-22-39(51)47(25-32)24-31-14-10-11-15-36(31)43/h8-17,20,23,32,34,50H,4-7,18-19,21-22,24-27H2,1-3H3,(H,44,52)/t32?,34-/m0/s1. The summed E-state index contributed by atoms with van der Waals surface area (Å²) in [6.07, 6.45) is 4.26. The van der Waals surface area contributed by atoms with Gasteiger partial charge in [-0.05, 0) is 73.2 Å². The molecule has 2 atom stereocenters. The normalized spacial score (nSPS) is 16.7. The fourth-order valence-corrected chi connectivity index (χ4v) is 7.48. The molecule has 12 heteroatoms. The fraction of sp³-hybridized carbons (Fsp3) is 0.405. The van der Waals surface area contributed by atoms with E-state index in [1.54, 1.807) is 44.8 Å². The van der Waals surface area contributed by atoms with Gasteiger partial charge < -0.3 is 25.1 Å². The second-order valence-corrected chi connectivity index (χ2v) is 14.7. The summed E-state index contributed by atoms with van der Waals surface area (Å²) in [4.78, 5) is 60.2. The lowest BCUT2D eigenvalue weighted by atomic mass is 9.93. The van der Waals surface area contributed by atoms with Crippen molar-refractivity contribution in [3.05, 3.63) is 111 Å². The van der Waals surface area contributed by atoms with Gasteiger partial charge in [0.25, 0.3) is 11.8 Å². The lowest BCUT2D eigenvalue weighted by Crippen LogP contribution is -2.46. The molecule has 0 aliphatic carbocycles. The highest BCUT2D eigenvalue weighted by molar-refractivity contribution is 6.31. The molecule has 0 saturated carbocycles. The molecule has 2 aliphatic heterocycles. The van der Waals surface area contributed by atoms with Gasteiger partial charge in [0.2, 0.25) is 11.8 Å². The molecule has 0 bridgehead atoms. The minimum absolute atomic E-state index is 0.0579. The van der Waals surface area contributed by atoms with E-state index in [0.717, 1.165) is 42.4 Å². The van der Waals surface area contributed by atoms with Crippen molar-refractivity contribution in [2.24, 2.45) is 5.92 Å². The van der Waals surface area contributed by atoms with E-state index in [1.807, 2.05) is 54.3 Å². The average Bonchev–Trinajstić information content (AvgIpc) is 3.76. The molecule has 6 rings (SSSR count). The van der Waals surface area contributed by atoms with E-state index in [1.165, 1.54) is 0 Å². The summed E-state index contributed by atoms with van der Waals surface area (Å²) in [6.45, 7) is 7.94. The molecule has 1 unspecified atom stereocenters. The number of carbonyl (C=O) groups is 4. The van der Waals surface area contributed by atoms with E-state index >= 15 is 0 Å². The highest BCUT2D eigenvalue weighted by Gasteiger charge is 2.36. The molecule has 0 radical (unpaired) electrons. The monoisotopic (exact) mass is 752 g/mol. The van der Waals surface area contributed by atoms with Gasteiger partial charge >= 0.3 is 0 Å². The summed E-state index contributed by atoms with van der Waals surface area (Å²) in [5, 5.41) is 18.7. The topological polar surface area (TPSA) is 128 Å². The zero-order chi connectivity index (χ0) is 38.4. The van der Waals surface area contributed by atoms with Crippen LogP contribution in [0.5, 0.6) is 0 Å². The first kappa shape index (κ1) is 38.7. The minimum atomic E-state index is -0.596. The maximum Gasteiger partial charge on any atom is 0.274 e. The van der Waals surface area contributed by atoms with Gasteiger partial charge in [-0.15, -0.1) is 0 Å². The van der Waals surface area contributed by atoms with Gasteiger partial charge in [0.15, 0.2) is 5.69 Å². The smallest absolute Gasteiger partial charge is 0.274 e. The highest BCUT2D eigenvalue weighted by Crippen LogP contribution is 2.30. The van der Waals surface area contributed by atoms with Crippen LogP contribution in [0.3, 0.4) is 0 Å². The Morgan fingerprint density at radius 2 is 1.65 bits per heavy atom. The maximum atomic E-state index is 14.7. The molecule has 0 spiro atoms. The number of aromatic nitrogens is 2. The maximum absolute atomic E-state index is 14.7. The Morgan fingerprint density at radius 1 is 0.944 bits per heavy atom. The van der Waals surface area contributed by atoms with Crippen molar-refractivity contribution in [1.29, 1.82) is 0 Å². The third kappa shape index (κ3) is 8.53. The number of anilines is 1. The van der Waals surface area contributed by atoms with Crippen LogP contribution in [-0.4, -0.2) is 85.5 Å². The SMILES string of the molecule is CCCCN(CCCC)C(=O)c1cc(C)n(-c2ccc(NC(=O)C3CC(=O)N(Cc4ccccc4Cl)C3)cc2C(=O)N2Cc3ccccc3C[C@H]2CO)n1. The molecule has 4 amide bonds. The van der Waals surface area contributed by atoms with Crippen LogP contribution in [0.1, 0.15) is 89.2 Å². The summed E-state index contributed by atoms with van der Waals surface area (Å²) >= 11 is 6.34. The van der Waals surface area contributed by atoms with Gasteiger partial charge in [-0.2, -0.15) is 5.10 Å². The van der Waals surface area contributed by atoms with E-state index in [4.69, 9.17) is 16.7 Å². The van der Waals surface area contributed by atoms with Gasteiger partial charge in [-0.3, -0.25) is 19.2 Å². The van der Waals surface area contributed by atoms with E-state index in [9.17, 15) is 24.3 Å². The van der Waals surface area contributed by atoms with Crippen LogP contribution in [0.15, 0.2) is 72.8 Å². The molecular formula is C42H49ClN6O5. The zero-order valence-corrected chi connectivity index (χ0v) is 32.0. The molecule has 54 heavy (non-hydrogen) atoms. The predicted octanol–water partition coefficient (Wildman–Crippen LogP) is 6.42. The number of aliphatic hydroxyl groups is 1. The van der Waals surface area contributed by atoms with Gasteiger partial charge in [-0.1, -0.05) is 80.8 Å². The molecule has 4 aromatic rings. The summed E-state index contributed by atoms with van der Waals surface area (Å²) in [5.41, 5.74) is 4.93. The molecule has 1 fully saturated rings. The van der Waals surface area contributed by atoms with E-state index in [-0.39, 0.29) is 48.8 Å². The second-order valence-electron chi connectivity index (χ2n) is 14.3. The number of amides is 4. The fourth-order valence-electron chi connectivity index (χ4n) is 7.29. The first-order chi connectivity index (χ1) is 26.1. The summed E-state index contributed by atoms with van der Waals surface area (Å²) < 4.78 is 1.61. The lowest BCUT2D eigenvalue weighted by Gasteiger charge is -2.36. The van der Waals surface area contributed by atoms with Crippen molar-refractivity contribution in [2.45, 2.75) is 78.4 Å². The summed E-state index contributed by atoms with van der Waals surface area (Å²) in [6, 6.07) is 21.5. The predicted molar refractivity (Wildman–Crippen MR) is 209 cm³/mol. The van der Waals surface area contributed by atoms with Crippen LogP contribution in [0, 0.1) is 12.8 Å². The molecule has 3 aromatic carbocycles. The number of carbonyl (C=O) groups excluding carboxylic acids is 4. The molecule has 2 N–H and O–H groups in total. The van der Waals surface area contributed by atoms with Crippen molar-refractivity contribution in [2.75, 3.05) is 31.6 Å². The van der Waals surface area contributed by atoms with Crippen molar-refractivity contribution < 1.29 is 24.3 Å². The van der Waals surface area contributed by atoms with Gasteiger partial charge in [-0.25, -0.2) is 4.68 Å². The van der Waals surface area contributed by atoms with Crippen molar-refractivity contribution >= 4 is 40.9 Å². The molecule has 2 aliphatic rings. The number of benzene rings is 3. The number of aliphatic hydroxyl groups excluding tert-OH is 1. The first-order valence-electron chi connectivity index (χ1n) is 18.9. The van der Waals surface area contributed by atoms with Crippen LogP contribution in [0.4, 0.5) is 5.69 Å². The molecule has 1 aromatic heterocycles. The first-order valence-corrected chi connectivity index (χ1v) is 19.3. The average molecular weight is 753 g/mol. The largest absolute Gasteiger partial charge is 0.394 e. The van der Waals surface area contributed by atoms with E-state index < -0.39 is 12.0 Å². The highest BCUT2D eigenvalue weighted by atomic mass is 35.5. The number of nitrogens with one attached hydrogen (secondary N) is 1. The number of fused-ring (bicyclic) bond motifs is 1. The van der Waals surface area contributed by atoms with Gasteiger partial charge in [0.1, 0.15) is 0 Å². The Kier molecular flexibility index (Phi) is 12.5. The number of nitrogens with zero attached hydrogens (tertiary/aromatic N) is 5. The van der Waals surface area contributed by atoms with Crippen molar-refractivity contribution in [3.63, 3.8) is 0 Å². The van der Waals surface area contributed by atoms with E-state index in [2.05, 4.69) is 19.2 Å². The second kappa shape index (κ2) is 17.4. The Bertz CT molecular complexity index is 2000. The number of aryl methyl sites for hydroxylation is 1. The number of hydrogen-bond donors (Lipinski definition) is 2. The van der Waals surface area contributed by atoms with Gasteiger partial charge in [0, 0.05) is 55.5 Å². The third-order valence-electron chi connectivity index (χ3n) is 10.4. The molecular weight excluding hydrogens is 704 g/mol. The Balaban J connectivity index is 1.31. The van der Waals surface area contributed by atoms with Crippen LogP contribution in [0.25, 0.3) is 5.69 Å². The third-order valence-corrected chi connectivity index (χ3v) is 10.8. The van der Waals surface area contributed by atoms with E-state index in [0.29, 0.717) is 60.4 Å². The quantitative estimate of drug-likeness (QED) is 0.153. The Morgan fingerprint density at radius 3 is 2.35 bits per heavy atom. The molecule has 3 heterocycles. The van der Waals surface area contributed by atoms with Gasteiger partial charge in [0.05, 0.1) is 29.8 Å². The Labute approximate surface area is 321 Å². The Hall–Kier alpha value is -5.00. The number of likely N-dealkylation sites (tertiary alicyclic amines) is 1. The molecule has 284 valence electrons. The van der Waals surface area contributed by atoms with Crippen LogP contribution in [-0.2, 0) is 29.1 Å². The molecule has 1 saturated heterocycles. The zero-order valence-electron chi connectivity index (χ0n) is 31.3. The van der Waals surface area contributed by atoms with Crippen molar-refractivity contribution in [3.8, 4) is 5.69 Å². The minimum Gasteiger partial charge on any atom is -0.394 e. The number of unbranched alkanes of at least 4 members (excludes halogenated alkanes) is 2. The van der Waals surface area contributed by atoms with Crippen molar-refractivity contribution in [1.82, 2.24) is 24.5 Å². The summed E-state index contributed by atoms with van der Waals surface area (Å²) in [7, 11) is 0. The number of hydrogen-bond acceptors (Lipinski definition) is 6. The summed E-state index contributed by atoms with van der Waals surface area (Å²) in [5.74, 6) is -1.56. The van der Waals surface area contributed by atoms with Crippen LogP contribution < -0.4 is 5.32 Å². The number of halogens is 1.